The SMILES string of the molecule is CS(=O)(=O)OC[C@@H]1C[C@@H](OC2CCCCO2)CN1C(=O)O. The Kier molecular flexibility index (Phi) is 5.42. The first-order valence-electron chi connectivity index (χ1n) is 6.96. The fourth-order valence-corrected chi connectivity index (χ4v) is 3.00. The van der Waals surface area contributed by atoms with E-state index in [9.17, 15) is 18.3 Å². The summed E-state index contributed by atoms with van der Waals surface area (Å²) in [5, 5.41) is 9.17. The summed E-state index contributed by atoms with van der Waals surface area (Å²) in [6.07, 6.45) is 2.49. The first-order chi connectivity index (χ1) is 9.85. The zero-order valence-electron chi connectivity index (χ0n) is 11.9. The molecule has 0 radical (unpaired) electrons. The number of likely N-dealkylation sites (tertiary alicyclic amines) is 1. The Balaban J connectivity index is 1.89. The summed E-state index contributed by atoms with van der Waals surface area (Å²) in [5.74, 6) is 0. The van der Waals surface area contributed by atoms with E-state index in [0.717, 1.165) is 25.5 Å². The largest absolute Gasteiger partial charge is 0.465 e. The summed E-state index contributed by atoms with van der Waals surface area (Å²) >= 11 is 0. The van der Waals surface area contributed by atoms with Crippen molar-refractivity contribution in [3.63, 3.8) is 0 Å². The third-order valence-electron chi connectivity index (χ3n) is 3.58. The zero-order valence-corrected chi connectivity index (χ0v) is 12.8. The molecule has 3 atom stereocenters. The minimum absolute atomic E-state index is 0.184. The average molecular weight is 323 g/mol. The van der Waals surface area contributed by atoms with E-state index in [0.29, 0.717) is 13.0 Å². The van der Waals surface area contributed by atoms with Crippen LogP contribution in [-0.2, 0) is 23.8 Å². The molecule has 0 spiro atoms. The van der Waals surface area contributed by atoms with Crippen molar-refractivity contribution in [3.05, 3.63) is 0 Å². The summed E-state index contributed by atoms with van der Waals surface area (Å²) in [6, 6.07) is -0.522. The minimum Gasteiger partial charge on any atom is -0.465 e. The molecule has 0 bridgehead atoms. The molecule has 1 N–H and O–H groups in total. The summed E-state index contributed by atoms with van der Waals surface area (Å²) in [7, 11) is -3.59. The van der Waals surface area contributed by atoms with Gasteiger partial charge in [-0.25, -0.2) is 4.79 Å². The molecule has 0 aromatic carbocycles. The predicted molar refractivity (Wildman–Crippen MR) is 72.4 cm³/mol. The van der Waals surface area contributed by atoms with Crippen molar-refractivity contribution in [2.24, 2.45) is 0 Å². The van der Waals surface area contributed by atoms with Gasteiger partial charge in [-0.05, 0) is 25.7 Å². The van der Waals surface area contributed by atoms with Crippen molar-refractivity contribution in [3.8, 4) is 0 Å². The Labute approximate surface area is 124 Å². The predicted octanol–water partition coefficient (Wildman–Crippen LogP) is 0.627. The number of carboxylic acid groups (broad SMARTS) is 1. The van der Waals surface area contributed by atoms with Crippen molar-refractivity contribution in [1.82, 2.24) is 4.90 Å². The quantitative estimate of drug-likeness (QED) is 0.740. The third-order valence-corrected chi connectivity index (χ3v) is 4.14. The van der Waals surface area contributed by atoms with Gasteiger partial charge < -0.3 is 19.5 Å². The van der Waals surface area contributed by atoms with Crippen LogP contribution in [0.3, 0.4) is 0 Å². The fourth-order valence-electron chi connectivity index (χ4n) is 2.60. The first kappa shape index (κ1) is 16.5. The van der Waals surface area contributed by atoms with E-state index in [-0.39, 0.29) is 25.5 Å². The van der Waals surface area contributed by atoms with Gasteiger partial charge in [-0.15, -0.1) is 0 Å². The molecule has 0 aliphatic carbocycles. The van der Waals surface area contributed by atoms with Crippen molar-refractivity contribution in [1.29, 1.82) is 0 Å². The van der Waals surface area contributed by atoms with Gasteiger partial charge in [0.25, 0.3) is 10.1 Å². The van der Waals surface area contributed by atoms with Gasteiger partial charge in [0, 0.05) is 6.61 Å². The summed E-state index contributed by atoms with van der Waals surface area (Å²) in [4.78, 5) is 12.4. The summed E-state index contributed by atoms with van der Waals surface area (Å²) in [6.45, 7) is 0.671. The lowest BCUT2D eigenvalue weighted by atomic mass is 10.2. The van der Waals surface area contributed by atoms with Gasteiger partial charge in [0.05, 0.1) is 31.6 Å². The number of carbonyl (C=O) groups is 1. The molecule has 0 aromatic heterocycles. The van der Waals surface area contributed by atoms with E-state index < -0.39 is 22.3 Å². The topological polar surface area (TPSA) is 102 Å². The van der Waals surface area contributed by atoms with E-state index in [1.807, 2.05) is 0 Å². The molecule has 1 amide bonds. The van der Waals surface area contributed by atoms with Gasteiger partial charge in [-0.3, -0.25) is 4.18 Å². The van der Waals surface area contributed by atoms with Crippen molar-refractivity contribution < 1.29 is 32.0 Å². The monoisotopic (exact) mass is 323 g/mol. The van der Waals surface area contributed by atoms with Gasteiger partial charge >= 0.3 is 6.09 Å². The number of rotatable bonds is 5. The second-order valence-electron chi connectivity index (χ2n) is 5.37. The Bertz CT molecular complexity index is 460. The van der Waals surface area contributed by atoms with Gasteiger partial charge in [0.15, 0.2) is 6.29 Å². The molecular weight excluding hydrogens is 302 g/mol. The molecule has 2 aliphatic heterocycles. The maximum Gasteiger partial charge on any atom is 0.407 e. The average Bonchev–Trinajstić information content (AvgIpc) is 2.80. The molecule has 2 aliphatic rings. The van der Waals surface area contributed by atoms with E-state index in [4.69, 9.17) is 13.7 Å². The van der Waals surface area contributed by atoms with Crippen LogP contribution in [0.4, 0.5) is 4.79 Å². The number of ether oxygens (including phenoxy) is 2. The highest BCUT2D eigenvalue weighted by Gasteiger charge is 2.38. The second kappa shape index (κ2) is 6.91. The van der Waals surface area contributed by atoms with Crippen LogP contribution in [0.15, 0.2) is 0 Å². The number of hydrogen-bond acceptors (Lipinski definition) is 6. The van der Waals surface area contributed by atoms with E-state index in [2.05, 4.69) is 0 Å². The smallest absolute Gasteiger partial charge is 0.407 e. The fraction of sp³-hybridized carbons (Fsp3) is 0.917. The van der Waals surface area contributed by atoms with Crippen LogP contribution in [0.2, 0.25) is 0 Å². The molecule has 1 unspecified atom stereocenters. The molecule has 9 heteroatoms. The standard InChI is InChI=1S/C12H21NO7S/c1-21(16,17)19-8-9-6-10(7-13(9)12(14)15)20-11-4-2-3-5-18-11/h9-11H,2-8H2,1H3,(H,14,15)/t9-,10+,11?/m0/s1. The molecule has 8 nitrogen and oxygen atoms in total. The lowest BCUT2D eigenvalue weighted by Gasteiger charge is -2.25. The Morgan fingerprint density at radius 1 is 1.43 bits per heavy atom. The van der Waals surface area contributed by atoms with Crippen molar-refractivity contribution in [2.45, 2.75) is 44.1 Å². The molecule has 2 saturated heterocycles. The van der Waals surface area contributed by atoms with E-state index >= 15 is 0 Å². The maximum absolute atomic E-state index is 11.2. The Morgan fingerprint density at radius 3 is 2.76 bits per heavy atom. The Morgan fingerprint density at radius 2 is 2.19 bits per heavy atom. The van der Waals surface area contributed by atoms with Crippen LogP contribution in [-0.4, -0.2) is 69.0 Å². The molecule has 2 fully saturated rings. The van der Waals surface area contributed by atoms with Gasteiger partial charge in [0.1, 0.15) is 0 Å². The minimum atomic E-state index is -3.59. The van der Waals surface area contributed by atoms with Gasteiger partial charge in [0.2, 0.25) is 0 Å². The van der Waals surface area contributed by atoms with Crippen LogP contribution in [0.25, 0.3) is 0 Å². The Hall–Kier alpha value is -0.900. The van der Waals surface area contributed by atoms with Crippen LogP contribution in [0, 0.1) is 0 Å². The molecule has 2 rings (SSSR count). The molecule has 122 valence electrons. The van der Waals surface area contributed by atoms with E-state index in [1.54, 1.807) is 0 Å². The first-order valence-corrected chi connectivity index (χ1v) is 8.78. The van der Waals surface area contributed by atoms with Crippen LogP contribution < -0.4 is 0 Å². The lowest BCUT2D eigenvalue weighted by molar-refractivity contribution is -0.184. The molecular formula is C12H21NO7S. The van der Waals surface area contributed by atoms with Gasteiger partial charge in [-0.2, -0.15) is 8.42 Å². The lowest BCUT2D eigenvalue weighted by Crippen LogP contribution is -2.38. The van der Waals surface area contributed by atoms with Crippen molar-refractivity contribution in [2.75, 3.05) is 26.0 Å². The zero-order chi connectivity index (χ0) is 15.5. The summed E-state index contributed by atoms with van der Waals surface area (Å²) < 4.78 is 38.0. The van der Waals surface area contributed by atoms with Crippen molar-refractivity contribution >= 4 is 16.2 Å². The highest BCUT2D eigenvalue weighted by atomic mass is 32.2. The van der Waals surface area contributed by atoms with Crippen LogP contribution >= 0.6 is 0 Å². The number of amides is 1. The number of hydrogen-bond donors (Lipinski definition) is 1. The van der Waals surface area contributed by atoms with Crippen LogP contribution in [0.1, 0.15) is 25.7 Å². The van der Waals surface area contributed by atoms with E-state index in [1.165, 1.54) is 4.90 Å². The second-order valence-corrected chi connectivity index (χ2v) is 7.01. The highest BCUT2D eigenvalue weighted by molar-refractivity contribution is 7.85. The van der Waals surface area contributed by atoms with Crippen LogP contribution in [0.5, 0.6) is 0 Å². The maximum atomic E-state index is 11.2. The molecule has 2 heterocycles. The number of nitrogens with zero attached hydrogens (tertiary/aromatic N) is 1. The molecule has 21 heavy (non-hydrogen) atoms. The molecule has 0 saturated carbocycles. The molecule has 0 aromatic rings. The third kappa shape index (κ3) is 5.10. The van der Waals surface area contributed by atoms with Gasteiger partial charge in [-0.1, -0.05) is 0 Å². The highest BCUT2D eigenvalue weighted by Crippen LogP contribution is 2.25. The normalized spacial score (nSPS) is 30.5. The summed E-state index contributed by atoms with van der Waals surface area (Å²) in [5.41, 5.74) is 0.